The lowest BCUT2D eigenvalue weighted by atomic mass is 10.2. The van der Waals surface area contributed by atoms with Crippen molar-refractivity contribution in [1.82, 2.24) is 0 Å². The Balaban J connectivity index is 2.89. The number of hydrogen-bond donors (Lipinski definition) is 0. The van der Waals surface area contributed by atoms with E-state index in [9.17, 15) is 8.78 Å². The van der Waals surface area contributed by atoms with Gasteiger partial charge in [-0.2, -0.15) is 0 Å². The summed E-state index contributed by atoms with van der Waals surface area (Å²) in [6.45, 7) is 1.81. The van der Waals surface area contributed by atoms with Crippen LogP contribution in [0.1, 0.15) is 17.6 Å². The molecule has 0 spiro atoms. The molecule has 0 atom stereocenters. The van der Waals surface area contributed by atoms with Crippen molar-refractivity contribution in [3.8, 4) is 0 Å². The van der Waals surface area contributed by atoms with E-state index in [1.165, 1.54) is 12.1 Å². The number of hydrogen-bond acceptors (Lipinski definition) is 0. The van der Waals surface area contributed by atoms with Gasteiger partial charge < -0.3 is 0 Å². The van der Waals surface area contributed by atoms with Crippen molar-refractivity contribution < 1.29 is 8.78 Å². The molecule has 0 aliphatic rings. The fraction of sp³-hybridized carbons (Fsp3) is 0.250. The van der Waals surface area contributed by atoms with Crippen molar-refractivity contribution in [1.29, 1.82) is 0 Å². The van der Waals surface area contributed by atoms with Gasteiger partial charge in [0.25, 0.3) is 6.43 Å². The van der Waals surface area contributed by atoms with Crippen molar-refractivity contribution in [2.45, 2.75) is 13.3 Å². The first-order valence-corrected chi connectivity index (χ1v) is 2.96. The van der Waals surface area contributed by atoms with Crippen molar-refractivity contribution in [3.63, 3.8) is 0 Å². The monoisotopic (exact) mass is 141 g/mol. The van der Waals surface area contributed by atoms with E-state index >= 15 is 0 Å². The molecular formula is C8H7F2. The summed E-state index contributed by atoms with van der Waals surface area (Å²) in [6.07, 6.45) is -2.38. The van der Waals surface area contributed by atoms with Gasteiger partial charge in [-0.05, 0) is 24.6 Å². The third-order valence-corrected chi connectivity index (χ3v) is 1.24. The zero-order valence-corrected chi connectivity index (χ0v) is 5.57. The Morgan fingerprint density at radius 3 is 2.50 bits per heavy atom. The zero-order chi connectivity index (χ0) is 7.56. The minimum atomic E-state index is -2.38. The quantitative estimate of drug-likeness (QED) is 0.564. The zero-order valence-electron chi connectivity index (χ0n) is 5.57. The van der Waals surface area contributed by atoms with Gasteiger partial charge >= 0.3 is 0 Å². The smallest absolute Gasteiger partial charge is 0.205 e. The van der Waals surface area contributed by atoms with E-state index in [0.717, 1.165) is 5.56 Å². The highest BCUT2D eigenvalue weighted by atomic mass is 19.3. The molecule has 0 nitrogen and oxygen atoms in total. The SMILES string of the molecule is Cc1[c]cc(C(F)F)cc1. The standard InChI is InChI=1S/C8H7F2/c1-6-2-4-7(5-3-6)8(9)10/h2,4-5,8H,1H3. The van der Waals surface area contributed by atoms with E-state index in [1.54, 1.807) is 6.07 Å². The Morgan fingerprint density at radius 2 is 2.10 bits per heavy atom. The van der Waals surface area contributed by atoms with Gasteiger partial charge in [0.2, 0.25) is 0 Å². The molecule has 2 heteroatoms. The third kappa shape index (κ3) is 1.53. The molecule has 0 N–H and O–H groups in total. The molecule has 0 saturated carbocycles. The lowest BCUT2D eigenvalue weighted by molar-refractivity contribution is 0.151. The molecule has 0 amide bonds. The summed E-state index contributed by atoms with van der Waals surface area (Å²) < 4.78 is 23.8. The molecule has 1 radical (unpaired) electrons. The Labute approximate surface area is 58.5 Å². The van der Waals surface area contributed by atoms with Gasteiger partial charge in [0.05, 0.1) is 0 Å². The Bertz CT molecular complexity index is 201. The van der Waals surface area contributed by atoms with E-state index < -0.39 is 6.43 Å². The molecule has 1 rings (SSSR count). The molecule has 53 valence electrons. The first kappa shape index (κ1) is 7.19. The number of alkyl halides is 2. The van der Waals surface area contributed by atoms with Crippen LogP contribution in [0.2, 0.25) is 0 Å². The number of benzene rings is 1. The van der Waals surface area contributed by atoms with Crippen LogP contribution in [0.5, 0.6) is 0 Å². The average molecular weight is 141 g/mol. The molecule has 1 aromatic rings. The van der Waals surface area contributed by atoms with Gasteiger partial charge in [-0.15, -0.1) is 0 Å². The lowest BCUT2D eigenvalue weighted by Crippen LogP contribution is -1.82. The van der Waals surface area contributed by atoms with E-state index in [1.807, 2.05) is 6.92 Å². The summed E-state index contributed by atoms with van der Waals surface area (Å²) >= 11 is 0. The van der Waals surface area contributed by atoms with Crippen LogP contribution in [0.4, 0.5) is 8.78 Å². The molecular weight excluding hydrogens is 134 g/mol. The number of halogens is 2. The molecule has 0 unspecified atom stereocenters. The van der Waals surface area contributed by atoms with Crippen molar-refractivity contribution in [3.05, 3.63) is 35.4 Å². The highest BCUT2D eigenvalue weighted by Crippen LogP contribution is 2.17. The van der Waals surface area contributed by atoms with Gasteiger partial charge in [-0.25, -0.2) is 8.78 Å². The van der Waals surface area contributed by atoms with Crippen LogP contribution in [0.25, 0.3) is 0 Å². The Kier molecular flexibility index (Phi) is 2.00. The summed E-state index contributed by atoms with van der Waals surface area (Å²) in [6, 6.07) is 7.06. The molecule has 0 fully saturated rings. The maximum Gasteiger partial charge on any atom is 0.263 e. The third-order valence-electron chi connectivity index (χ3n) is 1.24. The lowest BCUT2D eigenvalue weighted by Gasteiger charge is -1.97. The number of rotatable bonds is 1. The van der Waals surface area contributed by atoms with Crippen LogP contribution in [-0.2, 0) is 0 Å². The maximum atomic E-state index is 11.9. The van der Waals surface area contributed by atoms with Crippen molar-refractivity contribution >= 4 is 0 Å². The minimum absolute atomic E-state index is 0.0330. The highest BCUT2D eigenvalue weighted by molar-refractivity contribution is 5.20. The van der Waals surface area contributed by atoms with Crippen LogP contribution in [0.15, 0.2) is 18.2 Å². The van der Waals surface area contributed by atoms with Crippen LogP contribution < -0.4 is 0 Å². The average Bonchev–Trinajstić information content (AvgIpc) is 1.88. The minimum Gasteiger partial charge on any atom is -0.205 e. The molecule has 0 aliphatic carbocycles. The second-order valence-corrected chi connectivity index (χ2v) is 2.11. The molecule has 0 aliphatic heterocycles. The van der Waals surface area contributed by atoms with Crippen molar-refractivity contribution in [2.75, 3.05) is 0 Å². The van der Waals surface area contributed by atoms with Gasteiger partial charge in [-0.1, -0.05) is 12.1 Å². The van der Waals surface area contributed by atoms with E-state index in [4.69, 9.17) is 0 Å². The summed E-state index contributed by atoms with van der Waals surface area (Å²) in [5.41, 5.74) is 0.912. The summed E-state index contributed by atoms with van der Waals surface area (Å²) in [5, 5.41) is 0. The summed E-state index contributed by atoms with van der Waals surface area (Å²) in [4.78, 5) is 0. The molecule has 0 saturated heterocycles. The Hall–Kier alpha value is -0.920. The summed E-state index contributed by atoms with van der Waals surface area (Å²) in [5.74, 6) is 0. The number of aryl methyl sites for hydroxylation is 1. The topological polar surface area (TPSA) is 0 Å². The second kappa shape index (κ2) is 2.78. The van der Waals surface area contributed by atoms with Gasteiger partial charge in [0, 0.05) is 5.56 Å². The molecule has 1 aromatic carbocycles. The van der Waals surface area contributed by atoms with E-state index in [-0.39, 0.29) is 5.56 Å². The van der Waals surface area contributed by atoms with E-state index in [2.05, 4.69) is 6.07 Å². The molecule has 0 aromatic heterocycles. The Morgan fingerprint density at radius 1 is 1.40 bits per heavy atom. The predicted molar refractivity (Wildman–Crippen MR) is 35.0 cm³/mol. The van der Waals surface area contributed by atoms with Crippen LogP contribution in [0.3, 0.4) is 0 Å². The summed E-state index contributed by atoms with van der Waals surface area (Å²) in [7, 11) is 0. The predicted octanol–water partition coefficient (Wildman–Crippen LogP) is 2.73. The maximum absolute atomic E-state index is 11.9. The van der Waals surface area contributed by atoms with Gasteiger partial charge in [0.1, 0.15) is 0 Å². The van der Waals surface area contributed by atoms with Crippen LogP contribution >= 0.6 is 0 Å². The second-order valence-electron chi connectivity index (χ2n) is 2.11. The highest BCUT2D eigenvalue weighted by Gasteiger charge is 2.04. The van der Waals surface area contributed by atoms with Crippen LogP contribution in [0, 0.1) is 13.0 Å². The molecule has 0 bridgehead atoms. The van der Waals surface area contributed by atoms with Gasteiger partial charge in [-0.3, -0.25) is 0 Å². The normalized spacial score (nSPS) is 10.4. The largest absolute Gasteiger partial charge is 0.263 e. The van der Waals surface area contributed by atoms with Gasteiger partial charge in [0.15, 0.2) is 0 Å². The fourth-order valence-corrected chi connectivity index (χ4v) is 0.650. The first-order valence-electron chi connectivity index (χ1n) is 2.96. The molecule has 0 heterocycles. The van der Waals surface area contributed by atoms with Crippen molar-refractivity contribution in [2.24, 2.45) is 0 Å². The van der Waals surface area contributed by atoms with E-state index in [0.29, 0.717) is 0 Å². The fourth-order valence-electron chi connectivity index (χ4n) is 0.650. The van der Waals surface area contributed by atoms with Crippen LogP contribution in [-0.4, -0.2) is 0 Å². The first-order chi connectivity index (χ1) is 4.70. The molecule has 10 heavy (non-hydrogen) atoms.